The second-order valence-corrected chi connectivity index (χ2v) is 5.70. The minimum atomic E-state index is -0.455. The molecule has 0 saturated heterocycles. The molecule has 1 aromatic heterocycles. The monoisotopic (exact) mass is 339 g/mol. The first-order chi connectivity index (χ1) is 12.0. The first-order valence-electron chi connectivity index (χ1n) is 7.79. The van der Waals surface area contributed by atoms with E-state index >= 15 is 0 Å². The zero-order valence-corrected chi connectivity index (χ0v) is 14.0. The minimum absolute atomic E-state index is 0.158. The second kappa shape index (κ2) is 7.17. The fourth-order valence-electron chi connectivity index (χ4n) is 2.30. The summed E-state index contributed by atoms with van der Waals surface area (Å²) in [5.74, 6) is 0.597. The van der Waals surface area contributed by atoms with Crippen molar-refractivity contribution in [3.8, 4) is 5.75 Å². The Balaban J connectivity index is 1.63. The molecule has 1 amide bonds. The Morgan fingerprint density at radius 3 is 2.64 bits per heavy atom. The van der Waals surface area contributed by atoms with Gasteiger partial charge in [0.1, 0.15) is 24.0 Å². The first-order valence-corrected chi connectivity index (χ1v) is 7.79. The van der Waals surface area contributed by atoms with Crippen LogP contribution in [0.3, 0.4) is 0 Å². The molecule has 0 saturated carbocycles. The van der Waals surface area contributed by atoms with Gasteiger partial charge in [-0.3, -0.25) is 4.79 Å². The predicted octanol–water partition coefficient (Wildman–Crippen LogP) is 3.70. The highest BCUT2D eigenvalue weighted by Crippen LogP contribution is 2.18. The van der Waals surface area contributed by atoms with Crippen molar-refractivity contribution in [1.82, 2.24) is 9.55 Å². The molecule has 3 rings (SSSR count). The third-order valence-corrected chi connectivity index (χ3v) is 3.78. The van der Waals surface area contributed by atoms with Gasteiger partial charge in [-0.2, -0.15) is 0 Å². The van der Waals surface area contributed by atoms with E-state index in [2.05, 4.69) is 10.3 Å². The van der Waals surface area contributed by atoms with Gasteiger partial charge in [0, 0.05) is 25.0 Å². The van der Waals surface area contributed by atoms with Crippen LogP contribution in [0.4, 0.5) is 10.1 Å². The molecule has 0 spiro atoms. The molecule has 2 aromatic carbocycles. The number of hydrogen-bond acceptors (Lipinski definition) is 3. The number of rotatable bonds is 5. The Labute approximate surface area is 145 Å². The fourth-order valence-corrected chi connectivity index (χ4v) is 2.30. The Hall–Kier alpha value is -3.15. The van der Waals surface area contributed by atoms with E-state index in [0.717, 1.165) is 11.4 Å². The van der Waals surface area contributed by atoms with Crippen molar-refractivity contribution in [2.45, 2.75) is 13.5 Å². The van der Waals surface area contributed by atoms with Gasteiger partial charge in [-0.1, -0.05) is 6.07 Å². The Morgan fingerprint density at radius 2 is 2.00 bits per heavy atom. The van der Waals surface area contributed by atoms with Gasteiger partial charge in [0.15, 0.2) is 0 Å². The average Bonchev–Trinajstić information content (AvgIpc) is 3.01. The van der Waals surface area contributed by atoms with Crippen molar-refractivity contribution < 1.29 is 13.9 Å². The molecule has 0 aliphatic rings. The molecule has 128 valence electrons. The van der Waals surface area contributed by atoms with E-state index in [1.54, 1.807) is 49.5 Å². The van der Waals surface area contributed by atoms with Crippen LogP contribution in [0.1, 0.15) is 21.7 Å². The van der Waals surface area contributed by atoms with E-state index in [-0.39, 0.29) is 11.6 Å². The predicted molar refractivity (Wildman–Crippen MR) is 93.1 cm³/mol. The highest BCUT2D eigenvalue weighted by Gasteiger charge is 2.10. The van der Waals surface area contributed by atoms with Crippen LogP contribution in [0.25, 0.3) is 0 Å². The van der Waals surface area contributed by atoms with Crippen LogP contribution in [0.2, 0.25) is 0 Å². The summed E-state index contributed by atoms with van der Waals surface area (Å²) in [6.45, 7) is 2.13. The summed E-state index contributed by atoms with van der Waals surface area (Å²) in [6, 6.07) is 11.3. The Morgan fingerprint density at radius 1 is 1.24 bits per heavy atom. The highest BCUT2D eigenvalue weighted by molar-refractivity contribution is 6.04. The standard InChI is InChI=1S/C19H18FN3O2/c1-13-3-8-17(16(20)11-13)22-19(24)14-4-6-15(7-5-14)25-12-18-21-9-10-23(18)2/h3-11H,12H2,1-2H3,(H,22,24). The number of hydrogen-bond donors (Lipinski definition) is 1. The molecule has 6 heteroatoms. The van der Waals surface area contributed by atoms with Gasteiger partial charge in [0.2, 0.25) is 0 Å². The number of aromatic nitrogens is 2. The lowest BCUT2D eigenvalue weighted by molar-refractivity contribution is 0.102. The maximum absolute atomic E-state index is 13.8. The summed E-state index contributed by atoms with van der Waals surface area (Å²) in [5.41, 5.74) is 1.37. The SMILES string of the molecule is Cc1ccc(NC(=O)c2ccc(OCc3nccn3C)cc2)c(F)c1. The number of amides is 1. The van der Waals surface area contributed by atoms with Crippen LogP contribution in [0.15, 0.2) is 54.9 Å². The van der Waals surface area contributed by atoms with E-state index in [1.165, 1.54) is 6.07 Å². The fraction of sp³-hybridized carbons (Fsp3) is 0.158. The van der Waals surface area contributed by atoms with Crippen molar-refractivity contribution in [2.75, 3.05) is 5.32 Å². The number of aryl methyl sites for hydroxylation is 2. The zero-order valence-electron chi connectivity index (χ0n) is 14.0. The van der Waals surface area contributed by atoms with Gasteiger partial charge >= 0.3 is 0 Å². The van der Waals surface area contributed by atoms with E-state index < -0.39 is 5.82 Å². The second-order valence-electron chi connectivity index (χ2n) is 5.70. The number of nitrogens with zero attached hydrogens (tertiary/aromatic N) is 2. The molecular formula is C19H18FN3O2. The smallest absolute Gasteiger partial charge is 0.255 e. The molecule has 0 fully saturated rings. The lowest BCUT2D eigenvalue weighted by atomic mass is 10.2. The largest absolute Gasteiger partial charge is 0.486 e. The molecule has 0 radical (unpaired) electrons. The number of nitrogens with one attached hydrogen (secondary N) is 1. The van der Waals surface area contributed by atoms with Crippen molar-refractivity contribution in [3.05, 3.63) is 77.6 Å². The van der Waals surface area contributed by atoms with Crippen LogP contribution < -0.4 is 10.1 Å². The molecule has 5 nitrogen and oxygen atoms in total. The average molecular weight is 339 g/mol. The van der Waals surface area contributed by atoms with E-state index in [9.17, 15) is 9.18 Å². The number of ether oxygens (including phenoxy) is 1. The first kappa shape index (κ1) is 16.7. The van der Waals surface area contributed by atoms with E-state index in [1.807, 2.05) is 17.8 Å². The zero-order chi connectivity index (χ0) is 17.8. The van der Waals surface area contributed by atoms with Crippen molar-refractivity contribution in [1.29, 1.82) is 0 Å². The maximum atomic E-state index is 13.8. The molecule has 1 heterocycles. The molecule has 0 unspecified atom stereocenters. The summed E-state index contributed by atoms with van der Waals surface area (Å²) >= 11 is 0. The third-order valence-electron chi connectivity index (χ3n) is 3.78. The molecule has 0 bridgehead atoms. The van der Waals surface area contributed by atoms with E-state index in [0.29, 0.717) is 17.9 Å². The topological polar surface area (TPSA) is 56.1 Å². The van der Waals surface area contributed by atoms with Crippen LogP contribution in [0, 0.1) is 12.7 Å². The molecule has 3 aromatic rings. The number of halogens is 1. The summed E-state index contributed by atoms with van der Waals surface area (Å²) in [6.07, 6.45) is 3.55. The van der Waals surface area contributed by atoms with Crippen molar-refractivity contribution in [3.63, 3.8) is 0 Å². The lowest BCUT2D eigenvalue weighted by Gasteiger charge is -2.09. The number of anilines is 1. The number of carbonyl (C=O) groups is 1. The van der Waals surface area contributed by atoms with Gasteiger partial charge in [0.25, 0.3) is 5.91 Å². The Kier molecular flexibility index (Phi) is 4.79. The minimum Gasteiger partial charge on any atom is -0.486 e. The molecular weight excluding hydrogens is 321 g/mol. The Bertz CT molecular complexity index is 888. The summed E-state index contributed by atoms with van der Waals surface area (Å²) in [7, 11) is 1.89. The van der Waals surface area contributed by atoms with Gasteiger partial charge < -0.3 is 14.6 Å². The maximum Gasteiger partial charge on any atom is 0.255 e. The van der Waals surface area contributed by atoms with Gasteiger partial charge in [-0.05, 0) is 48.9 Å². The van der Waals surface area contributed by atoms with Crippen molar-refractivity contribution >= 4 is 11.6 Å². The van der Waals surface area contributed by atoms with Crippen LogP contribution in [0.5, 0.6) is 5.75 Å². The quantitative estimate of drug-likeness (QED) is 0.771. The molecule has 1 N–H and O–H groups in total. The number of imidazole rings is 1. The van der Waals surface area contributed by atoms with Gasteiger partial charge in [-0.15, -0.1) is 0 Å². The van der Waals surface area contributed by atoms with Crippen molar-refractivity contribution in [2.24, 2.45) is 7.05 Å². The van der Waals surface area contributed by atoms with Crippen LogP contribution in [-0.2, 0) is 13.7 Å². The third kappa shape index (κ3) is 4.03. The molecule has 25 heavy (non-hydrogen) atoms. The number of benzene rings is 2. The number of carbonyl (C=O) groups excluding carboxylic acids is 1. The molecule has 0 aliphatic heterocycles. The summed E-state index contributed by atoms with van der Waals surface area (Å²) in [5, 5.41) is 2.57. The molecule has 0 atom stereocenters. The normalized spacial score (nSPS) is 10.5. The van der Waals surface area contributed by atoms with Crippen LogP contribution in [-0.4, -0.2) is 15.5 Å². The summed E-state index contributed by atoms with van der Waals surface area (Å²) < 4.78 is 21.3. The van der Waals surface area contributed by atoms with Crippen LogP contribution >= 0.6 is 0 Å². The molecule has 0 aliphatic carbocycles. The van der Waals surface area contributed by atoms with Gasteiger partial charge in [-0.25, -0.2) is 9.37 Å². The van der Waals surface area contributed by atoms with Gasteiger partial charge in [0.05, 0.1) is 5.69 Å². The summed E-state index contributed by atoms with van der Waals surface area (Å²) in [4.78, 5) is 16.4. The lowest BCUT2D eigenvalue weighted by Crippen LogP contribution is -2.13. The highest BCUT2D eigenvalue weighted by atomic mass is 19.1. The van der Waals surface area contributed by atoms with E-state index in [4.69, 9.17) is 4.74 Å².